The van der Waals surface area contributed by atoms with Gasteiger partial charge >= 0.3 is 0 Å². The maximum atomic E-state index is 6.21. The number of halogens is 2. The topological polar surface area (TPSA) is 30.5 Å². The van der Waals surface area contributed by atoms with Crippen LogP contribution in [-0.4, -0.2) is 6.61 Å². The fourth-order valence-electron chi connectivity index (χ4n) is 2.80. The molecule has 0 aromatic heterocycles. The van der Waals surface area contributed by atoms with E-state index >= 15 is 0 Å². The molecule has 0 amide bonds. The molecule has 0 heterocycles. The Balaban J connectivity index is 1.71. The maximum Gasteiger partial charge on any atom is 0.161 e. The van der Waals surface area contributed by atoms with Crippen LogP contribution < -0.4 is 14.8 Å². The van der Waals surface area contributed by atoms with Crippen molar-refractivity contribution in [2.24, 2.45) is 0 Å². The van der Waals surface area contributed by atoms with Gasteiger partial charge in [0.05, 0.1) is 6.61 Å². The molecule has 3 aromatic carbocycles. The van der Waals surface area contributed by atoms with E-state index in [2.05, 4.69) is 12.2 Å². The van der Waals surface area contributed by atoms with E-state index < -0.39 is 0 Å². The van der Waals surface area contributed by atoms with Crippen LogP contribution in [0.3, 0.4) is 0 Å². The Labute approximate surface area is 176 Å². The lowest BCUT2D eigenvalue weighted by molar-refractivity contribution is 0.269. The van der Waals surface area contributed by atoms with Gasteiger partial charge in [-0.15, -0.1) is 0 Å². The number of hydrogen-bond donors (Lipinski definition) is 1. The van der Waals surface area contributed by atoms with Gasteiger partial charge in [-0.25, -0.2) is 0 Å². The first-order valence-corrected chi connectivity index (χ1v) is 9.94. The third-order valence-electron chi connectivity index (χ3n) is 4.33. The summed E-state index contributed by atoms with van der Waals surface area (Å²) in [5, 5.41) is 4.83. The molecule has 0 radical (unpaired) electrons. The molecule has 0 unspecified atom stereocenters. The van der Waals surface area contributed by atoms with E-state index in [0.717, 1.165) is 28.1 Å². The summed E-state index contributed by atoms with van der Waals surface area (Å²) in [5.41, 5.74) is 4.19. The van der Waals surface area contributed by atoms with Crippen LogP contribution in [-0.2, 0) is 13.2 Å². The van der Waals surface area contributed by atoms with Crippen LogP contribution in [0.4, 0.5) is 5.69 Å². The average Bonchev–Trinajstić information content (AvgIpc) is 2.69. The molecule has 3 nitrogen and oxygen atoms in total. The quantitative estimate of drug-likeness (QED) is 0.434. The lowest BCUT2D eigenvalue weighted by Gasteiger charge is -2.15. The Morgan fingerprint density at radius 1 is 0.893 bits per heavy atom. The minimum Gasteiger partial charge on any atom is -0.490 e. The average molecular weight is 416 g/mol. The third-order valence-corrected chi connectivity index (χ3v) is 4.94. The Morgan fingerprint density at radius 2 is 1.71 bits per heavy atom. The Morgan fingerprint density at radius 3 is 2.50 bits per heavy atom. The van der Waals surface area contributed by atoms with E-state index in [4.69, 9.17) is 32.7 Å². The SMILES string of the molecule is CCOc1cc(CNc2cc(Cl)ccc2C)ccc1OCc1ccccc1Cl. The molecule has 0 aliphatic rings. The van der Waals surface area contributed by atoms with Crippen molar-refractivity contribution in [2.45, 2.75) is 27.0 Å². The second-order valence-corrected chi connectivity index (χ2v) is 7.25. The summed E-state index contributed by atoms with van der Waals surface area (Å²) in [5.74, 6) is 1.42. The lowest BCUT2D eigenvalue weighted by Crippen LogP contribution is -2.04. The summed E-state index contributed by atoms with van der Waals surface area (Å²) >= 11 is 12.3. The molecule has 5 heteroatoms. The molecule has 28 heavy (non-hydrogen) atoms. The second kappa shape index (κ2) is 9.72. The van der Waals surface area contributed by atoms with E-state index in [1.165, 1.54) is 0 Å². The van der Waals surface area contributed by atoms with Crippen LogP contribution in [0.2, 0.25) is 10.0 Å². The second-order valence-electron chi connectivity index (χ2n) is 6.41. The van der Waals surface area contributed by atoms with Gasteiger partial charge in [0.1, 0.15) is 6.61 Å². The summed E-state index contributed by atoms with van der Waals surface area (Å²) in [4.78, 5) is 0. The van der Waals surface area contributed by atoms with Crippen molar-refractivity contribution < 1.29 is 9.47 Å². The number of nitrogens with one attached hydrogen (secondary N) is 1. The van der Waals surface area contributed by atoms with Crippen LogP contribution in [0.1, 0.15) is 23.6 Å². The first-order chi connectivity index (χ1) is 13.6. The number of benzene rings is 3. The monoisotopic (exact) mass is 415 g/mol. The summed E-state index contributed by atoms with van der Waals surface area (Å²) < 4.78 is 11.7. The summed E-state index contributed by atoms with van der Waals surface area (Å²) in [6.07, 6.45) is 0. The molecule has 3 rings (SSSR count). The molecule has 0 saturated carbocycles. The van der Waals surface area contributed by atoms with Gasteiger partial charge in [-0.1, -0.05) is 53.5 Å². The first-order valence-electron chi connectivity index (χ1n) is 9.18. The summed E-state index contributed by atoms with van der Waals surface area (Å²) in [6.45, 7) is 5.62. The fraction of sp³-hybridized carbons (Fsp3) is 0.217. The Hall–Kier alpha value is -2.36. The molecule has 146 valence electrons. The number of hydrogen-bond acceptors (Lipinski definition) is 3. The molecular weight excluding hydrogens is 393 g/mol. The lowest BCUT2D eigenvalue weighted by atomic mass is 10.1. The molecule has 0 spiro atoms. The smallest absolute Gasteiger partial charge is 0.161 e. The summed E-state index contributed by atoms with van der Waals surface area (Å²) in [6, 6.07) is 19.4. The number of aryl methyl sites for hydroxylation is 1. The van der Waals surface area contributed by atoms with E-state index in [9.17, 15) is 0 Å². The predicted octanol–water partition coefficient (Wildman–Crippen LogP) is 6.89. The number of ether oxygens (including phenoxy) is 2. The van der Waals surface area contributed by atoms with Crippen LogP contribution >= 0.6 is 23.2 Å². The zero-order valence-corrected chi connectivity index (χ0v) is 17.5. The zero-order chi connectivity index (χ0) is 19.9. The van der Waals surface area contributed by atoms with E-state index in [0.29, 0.717) is 35.6 Å². The van der Waals surface area contributed by atoms with Crippen molar-refractivity contribution in [3.63, 3.8) is 0 Å². The molecule has 0 atom stereocenters. The van der Waals surface area contributed by atoms with Crippen molar-refractivity contribution in [2.75, 3.05) is 11.9 Å². The van der Waals surface area contributed by atoms with Crippen molar-refractivity contribution in [3.8, 4) is 11.5 Å². The fourth-order valence-corrected chi connectivity index (χ4v) is 3.17. The van der Waals surface area contributed by atoms with Gasteiger partial charge in [0.15, 0.2) is 11.5 Å². The highest BCUT2D eigenvalue weighted by atomic mass is 35.5. The Bertz CT molecular complexity index is 944. The highest BCUT2D eigenvalue weighted by Gasteiger charge is 2.09. The summed E-state index contributed by atoms with van der Waals surface area (Å²) in [7, 11) is 0. The standard InChI is InChI=1S/C23H23Cl2NO2/c1-3-27-23-12-17(14-26-21-13-19(24)10-8-16(21)2)9-11-22(23)28-15-18-6-4-5-7-20(18)25/h4-13,26H,3,14-15H2,1-2H3. The highest BCUT2D eigenvalue weighted by Crippen LogP contribution is 2.30. The van der Waals surface area contributed by atoms with Crippen LogP contribution in [0.15, 0.2) is 60.7 Å². The van der Waals surface area contributed by atoms with Gasteiger partial charge in [0.25, 0.3) is 0 Å². The van der Waals surface area contributed by atoms with E-state index in [1.54, 1.807) is 0 Å². The molecule has 0 bridgehead atoms. The van der Waals surface area contributed by atoms with Crippen molar-refractivity contribution in [3.05, 3.63) is 87.4 Å². The minimum absolute atomic E-state index is 0.388. The van der Waals surface area contributed by atoms with E-state index in [1.807, 2.05) is 67.6 Å². The van der Waals surface area contributed by atoms with Crippen LogP contribution in [0.5, 0.6) is 11.5 Å². The van der Waals surface area contributed by atoms with Gasteiger partial charge in [0, 0.05) is 27.8 Å². The molecule has 0 aliphatic heterocycles. The minimum atomic E-state index is 0.388. The predicted molar refractivity (Wildman–Crippen MR) is 117 cm³/mol. The largest absolute Gasteiger partial charge is 0.490 e. The van der Waals surface area contributed by atoms with Gasteiger partial charge in [-0.3, -0.25) is 0 Å². The molecule has 0 fully saturated rings. The Kier molecular flexibility index (Phi) is 7.07. The molecule has 1 N–H and O–H groups in total. The molecule has 0 saturated heterocycles. The van der Waals surface area contributed by atoms with Gasteiger partial charge in [0.2, 0.25) is 0 Å². The van der Waals surface area contributed by atoms with E-state index in [-0.39, 0.29) is 0 Å². The normalized spacial score (nSPS) is 10.6. The molecular formula is C23H23Cl2NO2. The van der Waals surface area contributed by atoms with Crippen molar-refractivity contribution in [1.82, 2.24) is 0 Å². The van der Waals surface area contributed by atoms with Crippen molar-refractivity contribution >= 4 is 28.9 Å². The van der Waals surface area contributed by atoms with Gasteiger partial charge < -0.3 is 14.8 Å². The maximum absolute atomic E-state index is 6.21. The van der Waals surface area contributed by atoms with Gasteiger partial charge in [-0.2, -0.15) is 0 Å². The number of anilines is 1. The highest BCUT2D eigenvalue weighted by molar-refractivity contribution is 6.31. The molecule has 3 aromatic rings. The molecule has 0 aliphatic carbocycles. The zero-order valence-electron chi connectivity index (χ0n) is 16.0. The van der Waals surface area contributed by atoms with Gasteiger partial charge in [-0.05, 0) is 55.3 Å². The number of rotatable bonds is 8. The first kappa shape index (κ1) is 20.4. The van der Waals surface area contributed by atoms with Crippen LogP contribution in [0.25, 0.3) is 0 Å². The van der Waals surface area contributed by atoms with Crippen molar-refractivity contribution in [1.29, 1.82) is 0 Å². The third kappa shape index (κ3) is 5.34. The van der Waals surface area contributed by atoms with Crippen LogP contribution in [0, 0.1) is 6.92 Å².